The van der Waals surface area contributed by atoms with Crippen LogP contribution in [0.25, 0.3) is 11.5 Å². The number of aryl methyl sites for hydroxylation is 2. The Balaban J connectivity index is 1.48. The first kappa shape index (κ1) is 16.4. The maximum absolute atomic E-state index is 12.7. The first-order valence-corrected chi connectivity index (χ1v) is 8.23. The van der Waals surface area contributed by atoms with E-state index >= 15 is 0 Å². The molecular weight excluding hydrogens is 340 g/mol. The van der Waals surface area contributed by atoms with Gasteiger partial charge in [-0.3, -0.25) is 14.2 Å². The van der Waals surface area contributed by atoms with Gasteiger partial charge in [0.25, 0.3) is 5.89 Å². The Kier molecular flexibility index (Phi) is 4.44. The van der Waals surface area contributed by atoms with Gasteiger partial charge in [-0.2, -0.15) is 15.2 Å². The van der Waals surface area contributed by atoms with Crippen LogP contribution in [0.3, 0.4) is 0 Å². The Morgan fingerprint density at radius 3 is 3.08 bits per heavy atom. The van der Waals surface area contributed by atoms with E-state index < -0.39 is 0 Å². The van der Waals surface area contributed by atoms with Crippen molar-refractivity contribution in [3.63, 3.8) is 0 Å². The SMILES string of the molecule is Cn1cc(-c2nc(C3COCCN3C(=O)CCn3cncn3)no2)cn1. The number of carbonyl (C=O) groups excluding carboxylic acids is 1. The predicted molar refractivity (Wildman–Crippen MR) is 86.4 cm³/mol. The standard InChI is InChI=1S/C15H18N8O3/c1-21-7-11(6-17-21)15-19-14(20-26-15)12-8-25-5-4-23(12)13(24)2-3-22-10-16-9-18-22/h6-7,9-10,12H,2-5,8H2,1H3. The summed E-state index contributed by atoms with van der Waals surface area (Å²) in [4.78, 5) is 22.7. The highest BCUT2D eigenvalue weighted by molar-refractivity contribution is 5.76. The highest BCUT2D eigenvalue weighted by Crippen LogP contribution is 2.25. The van der Waals surface area contributed by atoms with Gasteiger partial charge in [-0.15, -0.1) is 0 Å². The molecule has 1 fully saturated rings. The van der Waals surface area contributed by atoms with Crippen LogP contribution >= 0.6 is 0 Å². The van der Waals surface area contributed by atoms with Gasteiger partial charge in [-0.25, -0.2) is 4.98 Å². The van der Waals surface area contributed by atoms with Crippen LogP contribution in [0, 0.1) is 0 Å². The number of hydrogen-bond acceptors (Lipinski definition) is 8. The minimum absolute atomic E-state index is 0.0125. The summed E-state index contributed by atoms with van der Waals surface area (Å²) < 4.78 is 14.1. The van der Waals surface area contributed by atoms with E-state index in [-0.39, 0.29) is 11.9 Å². The molecule has 136 valence electrons. The van der Waals surface area contributed by atoms with Crippen LogP contribution in [0.4, 0.5) is 0 Å². The molecule has 0 radical (unpaired) electrons. The molecule has 1 aliphatic rings. The molecule has 1 aliphatic heterocycles. The molecule has 11 nitrogen and oxygen atoms in total. The largest absolute Gasteiger partial charge is 0.377 e. The van der Waals surface area contributed by atoms with Crippen LogP contribution in [0.1, 0.15) is 18.3 Å². The Bertz CT molecular complexity index is 871. The molecular formula is C15H18N8O3. The molecule has 3 aromatic heterocycles. The van der Waals surface area contributed by atoms with Crippen LogP contribution in [0.2, 0.25) is 0 Å². The smallest absolute Gasteiger partial charge is 0.261 e. The first-order chi connectivity index (χ1) is 12.7. The average Bonchev–Trinajstić information content (AvgIpc) is 3.41. The molecule has 1 saturated heterocycles. The maximum Gasteiger partial charge on any atom is 0.261 e. The van der Waals surface area contributed by atoms with Gasteiger partial charge in [0, 0.05) is 26.2 Å². The summed E-state index contributed by atoms with van der Waals surface area (Å²) in [6.07, 6.45) is 6.78. The van der Waals surface area contributed by atoms with Crippen molar-refractivity contribution in [2.45, 2.75) is 19.0 Å². The van der Waals surface area contributed by atoms with Gasteiger partial charge in [0.2, 0.25) is 5.91 Å². The molecule has 0 bridgehead atoms. The molecule has 3 aromatic rings. The summed E-state index contributed by atoms with van der Waals surface area (Å²) in [5, 5.41) is 12.1. The molecule has 0 aliphatic carbocycles. The Labute approximate surface area is 148 Å². The van der Waals surface area contributed by atoms with E-state index in [1.807, 2.05) is 7.05 Å². The van der Waals surface area contributed by atoms with Crippen LogP contribution in [-0.4, -0.2) is 65.3 Å². The van der Waals surface area contributed by atoms with Gasteiger partial charge >= 0.3 is 0 Å². The van der Waals surface area contributed by atoms with Gasteiger partial charge in [-0.05, 0) is 0 Å². The normalized spacial score (nSPS) is 17.6. The number of rotatable bonds is 5. The second-order valence-electron chi connectivity index (χ2n) is 5.95. The van der Waals surface area contributed by atoms with Gasteiger partial charge in [0.15, 0.2) is 5.82 Å². The third-order valence-electron chi connectivity index (χ3n) is 4.16. The van der Waals surface area contributed by atoms with Crippen molar-refractivity contribution in [3.05, 3.63) is 30.9 Å². The number of ether oxygens (including phenoxy) is 1. The predicted octanol–water partition coefficient (Wildman–Crippen LogP) is 0.0518. The Morgan fingerprint density at radius 1 is 1.38 bits per heavy atom. The maximum atomic E-state index is 12.7. The van der Waals surface area contributed by atoms with E-state index in [2.05, 4.69) is 25.3 Å². The lowest BCUT2D eigenvalue weighted by Gasteiger charge is -2.33. The molecule has 26 heavy (non-hydrogen) atoms. The van der Waals surface area contributed by atoms with Crippen LogP contribution in [0.5, 0.6) is 0 Å². The van der Waals surface area contributed by atoms with E-state index in [0.29, 0.717) is 44.4 Å². The summed E-state index contributed by atoms with van der Waals surface area (Å²) in [7, 11) is 1.81. The summed E-state index contributed by atoms with van der Waals surface area (Å²) in [6, 6.07) is -0.374. The van der Waals surface area contributed by atoms with Gasteiger partial charge in [0.05, 0.1) is 31.5 Å². The van der Waals surface area contributed by atoms with E-state index in [1.54, 1.807) is 33.0 Å². The van der Waals surface area contributed by atoms with Crippen LogP contribution in [0.15, 0.2) is 29.6 Å². The van der Waals surface area contributed by atoms with Crippen LogP contribution < -0.4 is 0 Å². The summed E-state index contributed by atoms with van der Waals surface area (Å²) in [5.74, 6) is 0.785. The highest BCUT2D eigenvalue weighted by Gasteiger charge is 2.32. The Hall–Kier alpha value is -3.08. The van der Waals surface area contributed by atoms with Crippen molar-refractivity contribution >= 4 is 5.91 Å². The number of hydrogen-bond donors (Lipinski definition) is 0. The van der Waals surface area contributed by atoms with Crippen molar-refractivity contribution in [1.29, 1.82) is 0 Å². The zero-order chi connectivity index (χ0) is 17.9. The lowest BCUT2D eigenvalue weighted by atomic mass is 10.2. The highest BCUT2D eigenvalue weighted by atomic mass is 16.5. The minimum Gasteiger partial charge on any atom is -0.377 e. The van der Waals surface area contributed by atoms with E-state index in [1.165, 1.54) is 6.33 Å². The third-order valence-corrected chi connectivity index (χ3v) is 4.16. The average molecular weight is 358 g/mol. The molecule has 0 saturated carbocycles. The topological polar surface area (TPSA) is 117 Å². The van der Waals surface area contributed by atoms with Crippen molar-refractivity contribution in [1.82, 2.24) is 39.6 Å². The minimum atomic E-state index is -0.374. The van der Waals surface area contributed by atoms with Crippen molar-refractivity contribution in [3.8, 4) is 11.5 Å². The van der Waals surface area contributed by atoms with E-state index in [0.717, 1.165) is 5.56 Å². The number of carbonyl (C=O) groups is 1. The molecule has 11 heteroatoms. The van der Waals surface area contributed by atoms with Gasteiger partial charge in [0.1, 0.15) is 18.7 Å². The number of amides is 1. The molecule has 1 amide bonds. The number of morpholine rings is 1. The number of nitrogens with zero attached hydrogens (tertiary/aromatic N) is 8. The molecule has 1 unspecified atom stereocenters. The van der Waals surface area contributed by atoms with E-state index in [9.17, 15) is 4.79 Å². The summed E-state index contributed by atoms with van der Waals surface area (Å²) >= 11 is 0. The van der Waals surface area contributed by atoms with Gasteiger partial charge in [-0.1, -0.05) is 5.16 Å². The summed E-state index contributed by atoms with van der Waals surface area (Å²) in [5.41, 5.74) is 0.729. The van der Waals surface area contributed by atoms with Crippen molar-refractivity contribution in [2.24, 2.45) is 7.05 Å². The quantitative estimate of drug-likeness (QED) is 0.628. The number of aromatic nitrogens is 7. The first-order valence-electron chi connectivity index (χ1n) is 8.23. The molecule has 0 spiro atoms. The second kappa shape index (κ2) is 7.04. The molecule has 0 aromatic carbocycles. The molecule has 1 atom stereocenters. The van der Waals surface area contributed by atoms with Crippen LogP contribution in [-0.2, 0) is 23.1 Å². The lowest BCUT2D eigenvalue weighted by Crippen LogP contribution is -2.44. The summed E-state index contributed by atoms with van der Waals surface area (Å²) in [6.45, 7) is 1.77. The second-order valence-corrected chi connectivity index (χ2v) is 5.95. The fourth-order valence-electron chi connectivity index (χ4n) is 2.84. The fourth-order valence-corrected chi connectivity index (χ4v) is 2.84. The zero-order valence-electron chi connectivity index (χ0n) is 14.2. The molecule has 4 heterocycles. The zero-order valence-corrected chi connectivity index (χ0v) is 14.2. The van der Waals surface area contributed by atoms with Crippen molar-refractivity contribution < 1.29 is 14.1 Å². The molecule has 4 rings (SSSR count). The molecule has 0 N–H and O–H groups in total. The van der Waals surface area contributed by atoms with Gasteiger partial charge < -0.3 is 14.2 Å². The third kappa shape index (κ3) is 3.33. The Morgan fingerprint density at radius 2 is 2.31 bits per heavy atom. The lowest BCUT2D eigenvalue weighted by molar-refractivity contribution is -0.140. The monoisotopic (exact) mass is 358 g/mol. The fraction of sp³-hybridized carbons (Fsp3) is 0.467. The van der Waals surface area contributed by atoms with Crippen molar-refractivity contribution in [2.75, 3.05) is 19.8 Å². The van der Waals surface area contributed by atoms with E-state index in [4.69, 9.17) is 9.26 Å².